The zero-order valence-corrected chi connectivity index (χ0v) is 16.3. The third-order valence-electron chi connectivity index (χ3n) is 5.04. The fourth-order valence-corrected chi connectivity index (χ4v) is 4.51. The smallest absolute Gasteiger partial charge is 0.308 e. The summed E-state index contributed by atoms with van der Waals surface area (Å²) < 4.78 is 33.1. The predicted octanol–water partition coefficient (Wildman–Crippen LogP) is 1.05. The molecule has 1 aromatic heterocycles. The topological polar surface area (TPSA) is 102 Å². The van der Waals surface area contributed by atoms with Gasteiger partial charge in [0.2, 0.25) is 0 Å². The lowest BCUT2D eigenvalue weighted by atomic mass is 10.1. The maximum atomic E-state index is 12.5. The molecule has 0 spiro atoms. The quantitative estimate of drug-likeness (QED) is 0.691. The van der Waals surface area contributed by atoms with E-state index in [4.69, 9.17) is 4.74 Å². The molecule has 148 valence electrons. The van der Waals surface area contributed by atoms with Crippen molar-refractivity contribution in [3.05, 3.63) is 53.6 Å². The van der Waals surface area contributed by atoms with Crippen molar-refractivity contribution in [3.8, 4) is 0 Å². The summed E-state index contributed by atoms with van der Waals surface area (Å²) in [5.41, 5.74) is 1.23. The number of hydrogen-bond acceptors (Lipinski definition) is 6. The number of fused-ring (bicyclic) bond motifs is 1. The lowest BCUT2D eigenvalue weighted by Crippen LogP contribution is -2.36. The molecule has 4 rings (SSSR count). The van der Waals surface area contributed by atoms with Crippen LogP contribution >= 0.6 is 0 Å². The lowest BCUT2D eigenvalue weighted by molar-refractivity contribution is 0.0199. The number of benzene rings is 1. The number of hydrogen-bond donors (Lipinski definition) is 0. The average molecular weight is 404 g/mol. The number of ether oxygens (including phenoxy) is 1. The molecule has 28 heavy (non-hydrogen) atoms. The number of amides is 2. The molecule has 0 radical (unpaired) electrons. The van der Waals surface area contributed by atoms with Crippen LogP contribution < -0.4 is 0 Å². The van der Waals surface area contributed by atoms with Gasteiger partial charge in [-0.1, -0.05) is 12.1 Å². The van der Waals surface area contributed by atoms with E-state index in [1.165, 1.54) is 31.5 Å². The monoisotopic (exact) mass is 404 g/mol. The van der Waals surface area contributed by atoms with Crippen molar-refractivity contribution in [2.24, 2.45) is 0 Å². The van der Waals surface area contributed by atoms with E-state index in [0.29, 0.717) is 29.7 Å². The first kappa shape index (κ1) is 18.8. The molecule has 0 N–H and O–H groups in total. The summed E-state index contributed by atoms with van der Waals surface area (Å²) in [4.78, 5) is 30.2. The molecule has 10 heteroatoms. The highest BCUT2D eigenvalue weighted by atomic mass is 32.2. The molecule has 1 saturated heterocycles. The zero-order valence-electron chi connectivity index (χ0n) is 15.5. The van der Waals surface area contributed by atoms with Gasteiger partial charge in [0.25, 0.3) is 11.8 Å². The van der Waals surface area contributed by atoms with Crippen LogP contribution in [0.5, 0.6) is 0 Å². The molecule has 1 fully saturated rings. The van der Waals surface area contributed by atoms with Crippen molar-refractivity contribution in [2.75, 3.05) is 20.6 Å². The van der Waals surface area contributed by atoms with E-state index >= 15 is 0 Å². The molecular formula is C18H20N4O5S. The van der Waals surface area contributed by atoms with Crippen molar-refractivity contribution >= 4 is 22.0 Å². The van der Waals surface area contributed by atoms with Gasteiger partial charge in [-0.25, -0.2) is 8.96 Å². The molecule has 0 saturated carbocycles. The van der Waals surface area contributed by atoms with Gasteiger partial charge in [0.15, 0.2) is 0 Å². The van der Waals surface area contributed by atoms with Crippen LogP contribution in [0.25, 0.3) is 0 Å². The zero-order chi connectivity index (χ0) is 20.1. The van der Waals surface area contributed by atoms with Crippen LogP contribution in [0.4, 0.5) is 0 Å². The Morgan fingerprint density at radius 3 is 2.39 bits per heavy atom. The summed E-state index contributed by atoms with van der Waals surface area (Å²) >= 11 is 0. The Hall–Kier alpha value is -2.56. The van der Waals surface area contributed by atoms with Gasteiger partial charge in [-0.3, -0.25) is 14.5 Å². The minimum atomic E-state index is -3.71. The maximum Gasteiger partial charge on any atom is 0.308 e. The molecule has 3 heterocycles. The molecule has 0 aliphatic carbocycles. The predicted molar refractivity (Wildman–Crippen MR) is 98.9 cm³/mol. The summed E-state index contributed by atoms with van der Waals surface area (Å²) in [7, 11) is -0.818. The van der Waals surface area contributed by atoms with Gasteiger partial charge in [0, 0.05) is 14.1 Å². The SMILES string of the molecule is CN(C)S(=O)(=O)n1cncc1[C@@H]1CC[C@@H](CN2C(=O)c3ccccc3C2=O)O1. The van der Waals surface area contributed by atoms with E-state index in [9.17, 15) is 18.0 Å². The Balaban J connectivity index is 1.49. The summed E-state index contributed by atoms with van der Waals surface area (Å²) in [6.07, 6.45) is 3.05. The van der Waals surface area contributed by atoms with Crippen molar-refractivity contribution in [1.82, 2.24) is 18.2 Å². The van der Waals surface area contributed by atoms with E-state index in [2.05, 4.69) is 4.98 Å². The Kier molecular flexibility index (Phi) is 4.56. The van der Waals surface area contributed by atoms with Crippen LogP contribution in [-0.2, 0) is 14.9 Å². The van der Waals surface area contributed by atoms with Gasteiger partial charge >= 0.3 is 10.2 Å². The first-order chi connectivity index (χ1) is 13.3. The number of imidazole rings is 1. The second-order valence-corrected chi connectivity index (χ2v) is 9.01. The molecule has 0 bridgehead atoms. The van der Waals surface area contributed by atoms with Crippen LogP contribution in [0.1, 0.15) is 45.4 Å². The Labute approximate surface area is 162 Å². The second kappa shape index (κ2) is 6.80. The van der Waals surface area contributed by atoms with Crippen molar-refractivity contribution < 1.29 is 22.7 Å². The summed E-state index contributed by atoms with van der Waals surface area (Å²) in [5, 5.41) is 0. The van der Waals surface area contributed by atoms with Crippen molar-refractivity contribution in [1.29, 1.82) is 0 Å². The summed E-state index contributed by atoms with van der Waals surface area (Å²) in [5.74, 6) is -0.652. The van der Waals surface area contributed by atoms with Gasteiger partial charge in [-0.05, 0) is 25.0 Å². The van der Waals surface area contributed by atoms with Gasteiger partial charge in [0.1, 0.15) is 12.4 Å². The Bertz CT molecular complexity index is 1010. The molecule has 2 aliphatic heterocycles. The Morgan fingerprint density at radius 1 is 1.14 bits per heavy atom. The lowest BCUT2D eigenvalue weighted by Gasteiger charge is -2.20. The normalized spacial score (nSPS) is 22.3. The molecule has 2 atom stereocenters. The van der Waals surface area contributed by atoms with Crippen LogP contribution in [0.2, 0.25) is 0 Å². The van der Waals surface area contributed by atoms with Crippen LogP contribution in [-0.4, -0.2) is 65.1 Å². The van der Waals surface area contributed by atoms with E-state index in [-0.39, 0.29) is 24.5 Å². The van der Waals surface area contributed by atoms with Gasteiger partial charge in [0.05, 0.1) is 35.7 Å². The number of carbonyl (C=O) groups excluding carboxylic acids is 2. The maximum absolute atomic E-state index is 12.5. The summed E-state index contributed by atoms with van der Waals surface area (Å²) in [6, 6.07) is 6.72. The third kappa shape index (κ3) is 2.93. The summed E-state index contributed by atoms with van der Waals surface area (Å²) in [6.45, 7) is 0.136. The molecule has 2 aliphatic rings. The second-order valence-electron chi connectivity index (χ2n) is 7.00. The minimum Gasteiger partial charge on any atom is -0.367 e. The molecule has 9 nitrogen and oxygen atoms in total. The number of carbonyl (C=O) groups is 2. The first-order valence-corrected chi connectivity index (χ1v) is 10.3. The fourth-order valence-electron chi connectivity index (χ4n) is 3.55. The van der Waals surface area contributed by atoms with Gasteiger partial charge < -0.3 is 4.74 Å². The van der Waals surface area contributed by atoms with Crippen LogP contribution in [0.3, 0.4) is 0 Å². The highest BCUT2D eigenvalue weighted by molar-refractivity contribution is 7.87. The fraction of sp³-hybridized carbons (Fsp3) is 0.389. The van der Waals surface area contributed by atoms with E-state index in [1.807, 2.05) is 0 Å². The first-order valence-electron chi connectivity index (χ1n) is 8.86. The molecule has 1 aromatic carbocycles. The highest BCUT2D eigenvalue weighted by Crippen LogP contribution is 2.34. The Morgan fingerprint density at radius 2 is 1.79 bits per heavy atom. The van der Waals surface area contributed by atoms with Crippen molar-refractivity contribution in [3.63, 3.8) is 0 Å². The molecule has 2 amide bonds. The minimum absolute atomic E-state index is 0.136. The number of rotatable bonds is 5. The highest BCUT2D eigenvalue weighted by Gasteiger charge is 2.39. The van der Waals surface area contributed by atoms with Crippen LogP contribution in [0, 0.1) is 0 Å². The average Bonchev–Trinajstić information content (AvgIpc) is 3.38. The van der Waals surface area contributed by atoms with Crippen molar-refractivity contribution in [2.45, 2.75) is 25.0 Å². The van der Waals surface area contributed by atoms with E-state index < -0.39 is 16.3 Å². The number of aromatic nitrogens is 2. The van der Waals surface area contributed by atoms with Gasteiger partial charge in [-0.2, -0.15) is 12.7 Å². The standard InChI is InChI=1S/C18H20N4O5S/c1-20(2)28(25,26)22-11-19-9-15(22)16-8-7-12(27-16)10-21-17(23)13-5-3-4-6-14(13)18(21)24/h3-6,9,11-12,16H,7-8,10H2,1-2H3/t12-,16-/m0/s1. The van der Waals surface area contributed by atoms with Crippen LogP contribution in [0.15, 0.2) is 36.8 Å². The molecule has 0 unspecified atom stereocenters. The largest absolute Gasteiger partial charge is 0.367 e. The number of nitrogens with zero attached hydrogens (tertiary/aromatic N) is 4. The number of imide groups is 1. The third-order valence-corrected chi connectivity index (χ3v) is 6.77. The molecule has 2 aromatic rings. The van der Waals surface area contributed by atoms with E-state index in [0.717, 1.165) is 8.28 Å². The molecular weight excluding hydrogens is 384 g/mol. The van der Waals surface area contributed by atoms with E-state index in [1.54, 1.807) is 24.3 Å². The van der Waals surface area contributed by atoms with Gasteiger partial charge in [-0.15, -0.1) is 0 Å².